The van der Waals surface area contributed by atoms with Crippen molar-refractivity contribution in [2.24, 2.45) is 0 Å². The van der Waals surface area contributed by atoms with Crippen molar-refractivity contribution in [1.29, 1.82) is 0 Å². The molecule has 0 unspecified atom stereocenters. The average molecular weight is 423 g/mol. The first-order valence-corrected chi connectivity index (χ1v) is 10.3. The first kappa shape index (κ1) is 28.5. The quantitative estimate of drug-likeness (QED) is 0.191. The Morgan fingerprint density at radius 1 is 1.36 bits per heavy atom. The van der Waals surface area contributed by atoms with E-state index in [1.54, 1.807) is 18.0 Å². The third-order valence-electron chi connectivity index (χ3n) is 3.73. The summed E-state index contributed by atoms with van der Waals surface area (Å²) in [6, 6.07) is 0. The van der Waals surface area contributed by atoms with Crippen molar-refractivity contribution < 1.29 is 36.0 Å². The van der Waals surface area contributed by atoms with Crippen LogP contribution in [0.5, 0.6) is 0 Å². The van der Waals surface area contributed by atoms with Gasteiger partial charge in [-0.3, -0.25) is 8.98 Å². The van der Waals surface area contributed by atoms with Crippen LogP contribution in [0.1, 0.15) is 33.6 Å². The van der Waals surface area contributed by atoms with Crippen LogP contribution in [0.4, 0.5) is 0 Å². The number of esters is 1. The third kappa shape index (κ3) is 16.4. The minimum Gasteiger partial charge on any atom is -0.726 e. The van der Waals surface area contributed by atoms with Gasteiger partial charge in [-0.05, 0) is 33.4 Å². The van der Waals surface area contributed by atoms with Crippen LogP contribution in [-0.2, 0) is 28.9 Å². The molecule has 0 spiro atoms. The molecule has 1 rings (SSSR count). The smallest absolute Gasteiger partial charge is 0.333 e. The second-order valence-electron chi connectivity index (χ2n) is 6.58. The van der Waals surface area contributed by atoms with Gasteiger partial charge in [0.2, 0.25) is 16.3 Å². The standard InChI is InChI=1S/C10H20NO2.C6H9NO.C2H6O4S/c1-6-11(4,5)7-8-13-10(12)9(2)3;1-2-7-5-3-4-6(7)8;1-2-6-7(3,4)5/h2,6-8H2,1,3-5H3;2H,1,3-5H2;2H2,1H3,(H,3,4,5)/q+1;;/p-1. The van der Waals surface area contributed by atoms with E-state index in [0.717, 1.165) is 30.5 Å². The normalized spacial score (nSPS) is 13.6. The lowest BCUT2D eigenvalue weighted by Crippen LogP contribution is -2.42. The Balaban J connectivity index is 0. The Bertz CT molecular complexity index is 615. The molecule has 0 radical (unpaired) electrons. The van der Waals surface area contributed by atoms with Crippen molar-refractivity contribution in [3.05, 3.63) is 24.9 Å². The first-order chi connectivity index (χ1) is 12.8. The molecule has 9 nitrogen and oxygen atoms in total. The second kappa shape index (κ2) is 14.3. The van der Waals surface area contributed by atoms with Crippen LogP contribution in [0.2, 0.25) is 0 Å². The molecule has 1 heterocycles. The molecule has 0 aliphatic carbocycles. The van der Waals surface area contributed by atoms with Gasteiger partial charge in [0.25, 0.3) is 0 Å². The molecule has 1 saturated heterocycles. The number of quaternary nitrogens is 1. The Hall–Kier alpha value is -1.75. The molecule has 0 N–H and O–H groups in total. The highest BCUT2D eigenvalue weighted by atomic mass is 32.3. The minimum atomic E-state index is -4.42. The molecule has 0 aromatic carbocycles. The lowest BCUT2D eigenvalue weighted by atomic mass is 10.4. The summed E-state index contributed by atoms with van der Waals surface area (Å²) in [5.41, 5.74) is 0.460. The van der Waals surface area contributed by atoms with E-state index in [0.29, 0.717) is 18.6 Å². The number of amides is 1. The highest BCUT2D eigenvalue weighted by molar-refractivity contribution is 7.80. The predicted molar refractivity (Wildman–Crippen MR) is 106 cm³/mol. The van der Waals surface area contributed by atoms with Crippen molar-refractivity contribution in [3.8, 4) is 0 Å². The van der Waals surface area contributed by atoms with Crippen molar-refractivity contribution in [3.63, 3.8) is 0 Å². The summed E-state index contributed by atoms with van der Waals surface area (Å²) in [5.74, 6) is -0.0869. The highest BCUT2D eigenvalue weighted by Crippen LogP contribution is 2.08. The number of likely N-dealkylation sites (tertiary alicyclic amines) is 1. The zero-order valence-electron chi connectivity index (χ0n) is 17.6. The molecule has 0 aromatic rings. The van der Waals surface area contributed by atoms with E-state index in [-0.39, 0.29) is 18.5 Å². The summed E-state index contributed by atoms with van der Waals surface area (Å²) in [7, 11) is -0.213. The summed E-state index contributed by atoms with van der Waals surface area (Å²) in [6.45, 7) is 15.3. The fourth-order valence-corrected chi connectivity index (χ4v) is 1.96. The molecule has 1 aliphatic rings. The van der Waals surface area contributed by atoms with Crippen LogP contribution >= 0.6 is 0 Å². The summed E-state index contributed by atoms with van der Waals surface area (Å²) in [6.07, 6.45) is 3.28. The summed E-state index contributed by atoms with van der Waals surface area (Å²) >= 11 is 0. The number of hydrogen-bond donors (Lipinski definition) is 0. The number of hydrogen-bond acceptors (Lipinski definition) is 7. The largest absolute Gasteiger partial charge is 0.726 e. The lowest BCUT2D eigenvalue weighted by molar-refractivity contribution is -0.888. The molecule has 1 aliphatic heterocycles. The van der Waals surface area contributed by atoms with Gasteiger partial charge in [0.15, 0.2) is 0 Å². The van der Waals surface area contributed by atoms with E-state index in [4.69, 9.17) is 4.74 Å². The van der Waals surface area contributed by atoms with Crippen molar-refractivity contribution in [1.82, 2.24) is 4.90 Å². The van der Waals surface area contributed by atoms with Gasteiger partial charge in [0.05, 0.1) is 27.2 Å². The molecule has 0 aromatic heterocycles. The molecule has 0 saturated carbocycles. The molecule has 10 heteroatoms. The van der Waals surface area contributed by atoms with Gasteiger partial charge in [0, 0.05) is 18.5 Å². The maximum absolute atomic E-state index is 11.0. The van der Waals surface area contributed by atoms with E-state index in [2.05, 4.69) is 38.4 Å². The topological polar surface area (TPSA) is 113 Å². The van der Waals surface area contributed by atoms with Crippen LogP contribution in [0.15, 0.2) is 24.9 Å². The molecule has 1 amide bonds. The van der Waals surface area contributed by atoms with E-state index in [1.165, 1.54) is 6.92 Å². The zero-order chi connectivity index (χ0) is 22.4. The van der Waals surface area contributed by atoms with E-state index in [1.807, 2.05) is 0 Å². The maximum atomic E-state index is 11.0. The van der Waals surface area contributed by atoms with Crippen LogP contribution in [0.3, 0.4) is 0 Å². The van der Waals surface area contributed by atoms with Gasteiger partial charge in [-0.2, -0.15) is 0 Å². The molecule has 1 fully saturated rings. The van der Waals surface area contributed by atoms with E-state index >= 15 is 0 Å². The molecular formula is C18H34N2O7S. The average Bonchev–Trinajstić information content (AvgIpc) is 2.99. The number of rotatable bonds is 8. The van der Waals surface area contributed by atoms with Crippen molar-refractivity contribution in [2.45, 2.75) is 33.6 Å². The van der Waals surface area contributed by atoms with E-state index < -0.39 is 10.4 Å². The van der Waals surface area contributed by atoms with Crippen molar-refractivity contribution in [2.75, 3.05) is 46.9 Å². The van der Waals surface area contributed by atoms with Crippen LogP contribution in [0, 0.1) is 0 Å². The Morgan fingerprint density at radius 2 is 1.93 bits per heavy atom. The Labute approximate surface area is 169 Å². The summed E-state index contributed by atoms with van der Waals surface area (Å²) < 4.78 is 37.9. The number of carbonyl (C=O) groups is 2. The fraction of sp³-hybridized carbons (Fsp3) is 0.667. The van der Waals surface area contributed by atoms with Crippen molar-refractivity contribution >= 4 is 22.3 Å². The molecular weight excluding hydrogens is 388 g/mol. The zero-order valence-corrected chi connectivity index (χ0v) is 18.4. The van der Waals surface area contributed by atoms with Gasteiger partial charge in [0.1, 0.15) is 13.2 Å². The number of likely N-dealkylation sites (N-methyl/N-ethyl adjacent to an activating group) is 1. The Morgan fingerprint density at radius 3 is 2.18 bits per heavy atom. The monoisotopic (exact) mass is 422 g/mol. The lowest BCUT2D eigenvalue weighted by Gasteiger charge is -2.27. The van der Waals surface area contributed by atoms with Gasteiger partial charge >= 0.3 is 5.97 Å². The SMILES string of the molecule is C=C(C)C(=O)OCC[N+](C)(C)CC.C=CN1CCCC1=O.CCOS(=O)(=O)[O-]. The van der Waals surface area contributed by atoms with Crippen LogP contribution < -0.4 is 0 Å². The predicted octanol–water partition coefficient (Wildman–Crippen LogP) is 1.44. The van der Waals surface area contributed by atoms with Crippen LogP contribution in [0.25, 0.3) is 0 Å². The fourth-order valence-electron chi connectivity index (χ4n) is 1.67. The first-order valence-electron chi connectivity index (χ1n) is 8.96. The second-order valence-corrected chi connectivity index (χ2v) is 7.63. The summed E-state index contributed by atoms with van der Waals surface area (Å²) in [5, 5.41) is 0. The minimum absolute atomic E-state index is 0.0914. The highest BCUT2D eigenvalue weighted by Gasteiger charge is 2.16. The third-order valence-corrected chi connectivity index (χ3v) is 4.25. The number of ether oxygens (including phenoxy) is 1. The molecule has 28 heavy (non-hydrogen) atoms. The Kier molecular flexibility index (Phi) is 14.5. The maximum Gasteiger partial charge on any atom is 0.333 e. The molecule has 0 atom stereocenters. The number of carbonyl (C=O) groups excluding carboxylic acids is 2. The van der Waals surface area contributed by atoms with Gasteiger partial charge < -0.3 is 18.7 Å². The molecule has 164 valence electrons. The summed E-state index contributed by atoms with van der Waals surface area (Å²) in [4.78, 5) is 23.3. The molecule has 0 bridgehead atoms. The van der Waals surface area contributed by atoms with Crippen LogP contribution in [-0.4, -0.2) is 81.2 Å². The van der Waals surface area contributed by atoms with Gasteiger partial charge in [-0.25, -0.2) is 13.2 Å². The van der Waals surface area contributed by atoms with Gasteiger partial charge in [-0.15, -0.1) is 0 Å². The van der Waals surface area contributed by atoms with E-state index in [9.17, 15) is 22.6 Å². The number of nitrogens with zero attached hydrogens (tertiary/aromatic N) is 2. The van der Waals surface area contributed by atoms with Gasteiger partial charge in [-0.1, -0.05) is 13.2 Å².